The molecule has 0 spiro atoms. The van der Waals surface area contributed by atoms with E-state index in [1.165, 1.54) is 19.3 Å². The largest absolute Gasteiger partial charge is 0.462 e. The summed E-state index contributed by atoms with van der Waals surface area (Å²) in [4.78, 5) is 145. The van der Waals surface area contributed by atoms with Crippen LogP contribution in [-0.2, 0) is 114 Å². The van der Waals surface area contributed by atoms with Crippen LogP contribution in [0.5, 0.6) is 0 Å². The van der Waals surface area contributed by atoms with E-state index in [2.05, 4.69) is 12.1 Å². The van der Waals surface area contributed by atoms with Gasteiger partial charge in [-0.3, -0.25) is 47.9 Å². The number of hydrogen-bond donors (Lipinski definition) is 4. The molecule has 16 bridgehead atoms. The van der Waals surface area contributed by atoms with Crippen LogP contribution in [0.2, 0.25) is 0 Å². The first kappa shape index (κ1) is 107. The predicted octanol–water partition coefficient (Wildman–Crippen LogP) is 15.6. The summed E-state index contributed by atoms with van der Waals surface area (Å²) in [6.45, 7) is 39.0. The van der Waals surface area contributed by atoms with E-state index in [0.717, 1.165) is 133 Å². The van der Waals surface area contributed by atoms with Crippen molar-refractivity contribution in [2.24, 2.45) is 102 Å². The van der Waals surface area contributed by atoms with Crippen molar-refractivity contribution >= 4 is 71.6 Å². The molecule has 0 amide bonds. The molecular formula is C104H158N2O28. The Balaban J connectivity index is 0.000000157. The second-order valence-corrected chi connectivity index (χ2v) is 48.2. The summed E-state index contributed by atoms with van der Waals surface area (Å²) in [6.07, 6.45) is 24.1. The smallest absolute Gasteiger partial charge is 0.344 e. The fourth-order valence-corrected chi connectivity index (χ4v) is 25.8. The number of hydrogen-bond acceptors (Lipinski definition) is 30. The van der Waals surface area contributed by atoms with Crippen molar-refractivity contribution < 1.29 is 135 Å². The van der Waals surface area contributed by atoms with Crippen LogP contribution in [0, 0.1) is 125 Å². The molecule has 2 heterocycles. The van der Waals surface area contributed by atoms with Gasteiger partial charge in [-0.05, 0) is 300 Å². The second kappa shape index (κ2) is 39.3. The standard InChI is InChI=1S/C27H42O8.2C16H26O4.2C15H19NO4.C15H26O4/c1-6-25(2,3)24(31)33-10-9-32-21(28)7-8-22(29)34-17-23(30)35-26(4,5)27-14-18-11-19(15-27)13-20(12-18)16-27;2*1-4-13(2,3)12(17)20-16-7-11-5-14(18,9-16)8-15(19,6-11)10-16;2*1-4-14(2,3)12(17)19-10-8-5-9-11(10)20-13(18)15(9,6-8)7-16;1-5-14(3,4)13(17)18-11-12(16)19-15(6-2)9-7-8-10-15/h18-20H,6-17H2,1-5H3;2*11,18-19H,4-10H2,1-3H3;2*8-11H,4-6H2,1-3H3;5-11H2,1-4H3. The zero-order valence-electron chi connectivity index (χ0n) is 84.1. The van der Waals surface area contributed by atoms with Crippen LogP contribution in [0.25, 0.3) is 0 Å². The monoisotopic (exact) mass is 1880 g/mol. The molecule has 0 radical (unpaired) electrons. The molecule has 17 saturated carbocycles. The van der Waals surface area contributed by atoms with Gasteiger partial charge >= 0.3 is 71.6 Å². The van der Waals surface area contributed by atoms with Crippen molar-refractivity contribution in [2.45, 2.75) is 439 Å². The van der Waals surface area contributed by atoms with Gasteiger partial charge in [0.2, 0.25) is 0 Å². The Labute approximate surface area is 793 Å². The molecule has 14 unspecified atom stereocenters. The van der Waals surface area contributed by atoms with Crippen molar-refractivity contribution in [1.29, 1.82) is 10.5 Å². The van der Waals surface area contributed by atoms with Crippen LogP contribution in [0.3, 0.4) is 0 Å². The number of ether oxygens (including phenoxy) is 12. The summed E-state index contributed by atoms with van der Waals surface area (Å²) in [7, 11) is 0. The number of nitrogens with zero attached hydrogens (tertiary/aromatic N) is 2. The van der Waals surface area contributed by atoms with E-state index in [1.54, 1.807) is 13.8 Å². The normalized spacial score (nSPS) is 35.9. The molecule has 0 aromatic heterocycles. The Morgan fingerprint density at radius 2 is 0.716 bits per heavy atom. The SMILES string of the molecule is CCC(C)(C)C(=O)OC12CC3CC(O)(CC(O)(C3)C1)C2.CCC(C)(C)C(=O)OC12CC3CC(O)(CC(O)(C3)C1)C2.CCC(C)(C)C(=O)OC1C2CC3C1OC(=O)C3(C#N)C2.CCC(C)(C)C(=O)OC1C2CC3C1OC(=O)C3(C#N)C2.CCC(C)(C)C(=O)OCCOC(=O)CCC(=O)OCC(=O)OC(C)(C)C12CC3CC(CC(C3)C1)C2.CCC1(OC(=O)COC(=O)C(C)(C)CC)CCCC1. The number of nitriles is 2. The van der Waals surface area contributed by atoms with Gasteiger partial charge in [-0.15, -0.1) is 0 Å². The highest BCUT2D eigenvalue weighted by Crippen LogP contribution is 2.68. The molecule has 14 atom stereocenters. The first-order chi connectivity index (χ1) is 62.1. The van der Waals surface area contributed by atoms with Gasteiger partial charge in [0.25, 0.3) is 0 Å². The molecule has 17 aliphatic carbocycles. The molecule has 0 aromatic rings. The van der Waals surface area contributed by atoms with Gasteiger partial charge in [-0.2, -0.15) is 10.5 Å². The number of esters is 12. The summed E-state index contributed by atoms with van der Waals surface area (Å²) >= 11 is 0. The van der Waals surface area contributed by atoms with E-state index in [9.17, 15) is 88.5 Å². The maximum atomic E-state index is 12.5. The molecule has 19 rings (SSSR count). The quantitative estimate of drug-likeness (QED) is 0.0295. The average molecular weight is 1880 g/mol. The van der Waals surface area contributed by atoms with Gasteiger partial charge < -0.3 is 77.3 Å². The Hall–Kier alpha value is -7.54. The van der Waals surface area contributed by atoms with E-state index in [-0.39, 0.29) is 127 Å². The zero-order valence-corrected chi connectivity index (χ0v) is 84.1. The fraction of sp³-hybridized carbons (Fsp3) is 0.865. The van der Waals surface area contributed by atoms with Crippen LogP contribution in [0.1, 0.15) is 370 Å². The van der Waals surface area contributed by atoms with Gasteiger partial charge in [0, 0.05) is 67.6 Å². The number of carbonyl (C=O) groups excluding carboxylic acids is 12. The minimum absolute atomic E-state index is 0.0196. The van der Waals surface area contributed by atoms with Crippen molar-refractivity contribution in [3.63, 3.8) is 0 Å². The summed E-state index contributed by atoms with van der Waals surface area (Å²) in [5.41, 5.74) is -10.7. The van der Waals surface area contributed by atoms with Crippen LogP contribution in [0.15, 0.2) is 0 Å². The third-order valence-corrected chi connectivity index (χ3v) is 35.1. The molecule has 0 aromatic carbocycles. The van der Waals surface area contributed by atoms with Crippen LogP contribution >= 0.6 is 0 Å². The van der Waals surface area contributed by atoms with Crippen molar-refractivity contribution in [1.82, 2.24) is 0 Å². The summed E-state index contributed by atoms with van der Waals surface area (Å²) in [5, 5.41) is 61.2. The fourth-order valence-electron chi connectivity index (χ4n) is 25.8. The van der Waals surface area contributed by atoms with Gasteiger partial charge in [0.15, 0.2) is 24.0 Å². The lowest BCUT2D eigenvalue weighted by molar-refractivity contribution is -0.265. The molecule has 19 aliphatic rings. The maximum Gasteiger partial charge on any atom is 0.344 e. The molecule has 30 heteroatoms. The summed E-state index contributed by atoms with van der Waals surface area (Å²) in [6, 6.07) is 4.30. The highest BCUT2D eigenvalue weighted by Gasteiger charge is 2.75. The van der Waals surface area contributed by atoms with Crippen molar-refractivity contribution in [3.05, 3.63) is 0 Å². The minimum atomic E-state index is -0.974. The van der Waals surface area contributed by atoms with E-state index in [1.807, 2.05) is 132 Å². The first-order valence-corrected chi connectivity index (χ1v) is 50.2. The number of fused-ring (bicyclic) bond motifs is 2. The Morgan fingerprint density at radius 3 is 1.07 bits per heavy atom. The Morgan fingerprint density at radius 1 is 0.381 bits per heavy atom. The van der Waals surface area contributed by atoms with E-state index in [4.69, 9.17) is 56.8 Å². The lowest BCUT2D eigenvalue weighted by atomic mass is 9.46. The highest BCUT2D eigenvalue weighted by molar-refractivity contribution is 5.86. The van der Waals surface area contributed by atoms with Gasteiger partial charge in [-0.25, -0.2) is 9.59 Å². The second-order valence-electron chi connectivity index (χ2n) is 48.2. The molecule has 2 saturated heterocycles. The van der Waals surface area contributed by atoms with Gasteiger partial charge in [0.1, 0.15) is 60.0 Å². The number of rotatable bonds is 30. The lowest BCUT2D eigenvalue weighted by Gasteiger charge is -2.62. The first-order valence-electron chi connectivity index (χ1n) is 50.2. The predicted molar refractivity (Wildman–Crippen MR) is 484 cm³/mol. The molecular weight excluding hydrogens is 1730 g/mol. The van der Waals surface area contributed by atoms with Crippen molar-refractivity contribution in [3.8, 4) is 12.1 Å². The summed E-state index contributed by atoms with van der Waals surface area (Å²) < 4.78 is 65.3. The number of carbonyl (C=O) groups is 12. The maximum absolute atomic E-state index is 12.5. The molecule has 134 heavy (non-hydrogen) atoms. The Kier molecular flexibility index (Phi) is 31.3. The number of aliphatic hydroxyl groups is 4. The molecule has 30 nitrogen and oxygen atoms in total. The Bertz CT molecular complexity index is 4230. The summed E-state index contributed by atoms with van der Waals surface area (Å²) in [5.74, 6) is -1.96. The van der Waals surface area contributed by atoms with Crippen LogP contribution in [0.4, 0.5) is 0 Å². The van der Waals surface area contributed by atoms with Gasteiger partial charge in [-0.1, -0.05) is 48.5 Å². The molecule has 4 N–H and O–H groups in total. The average Bonchev–Trinajstić information content (AvgIpc) is 1.27. The third-order valence-electron chi connectivity index (χ3n) is 35.1. The molecule has 752 valence electrons. The molecule has 19 fully saturated rings. The highest BCUT2D eigenvalue weighted by atomic mass is 16.6. The lowest BCUT2D eigenvalue weighted by Crippen LogP contribution is -2.67. The zero-order chi connectivity index (χ0) is 99.4. The van der Waals surface area contributed by atoms with Crippen LogP contribution < -0.4 is 0 Å². The van der Waals surface area contributed by atoms with Crippen molar-refractivity contribution in [2.75, 3.05) is 26.4 Å². The molecule has 2 aliphatic heterocycles. The minimum Gasteiger partial charge on any atom is -0.462 e. The third kappa shape index (κ3) is 22.5. The van der Waals surface area contributed by atoms with Crippen LogP contribution in [-0.4, -0.2) is 188 Å². The van der Waals surface area contributed by atoms with E-state index < -0.39 is 137 Å². The van der Waals surface area contributed by atoms with E-state index >= 15 is 0 Å². The van der Waals surface area contributed by atoms with Gasteiger partial charge in [0.05, 0.1) is 79.9 Å². The topological polar surface area (TPSA) is 444 Å². The van der Waals surface area contributed by atoms with E-state index in [0.29, 0.717) is 77.0 Å².